The van der Waals surface area contributed by atoms with Gasteiger partial charge in [-0.3, -0.25) is 4.79 Å². The van der Waals surface area contributed by atoms with E-state index in [1.807, 2.05) is 6.92 Å². The molecule has 2 nitrogen and oxygen atoms in total. The molecule has 0 spiro atoms. The van der Waals surface area contributed by atoms with Crippen LogP contribution in [0.2, 0.25) is 0 Å². The fourth-order valence-electron chi connectivity index (χ4n) is 3.07. The van der Waals surface area contributed by atoms with Gasteiger partial charge in [0.05, 0.1) is 5.60 Å². The lowest BCUT2D eigenvalue weighted by Gasteiger charge is -2.52. The van der Waals surface area contributed by atoms with Gasteiger partial charge >= 0.3 is 0 Å². The van der Waals surface area contributed by atoms with Crippen LogP contribution in [0.1, 0.15) is 39.5 Å². The van der Waals surface area contributed by atoms with Crippen molar-refractivity contribution in [2.24, 2.45) is 11.3 Å². The Bertz CT molecular complexity index is 295. The molecule has 1 fully saturated rings. The minimum Gasteiger partial charge on any atom is -0.385 e. The molecular formula is C12H18O2. The van der Waals surface area contributed by atoms with Crippen molar-refractivity contribution in [2.45, 2.75) is 45.1 Å². The van der Waals surface area contributed by atoms with E-state index in [1.54, 1.807) is 12.2 Å². The first-order valence-electron chi connectivity index (χ1n) is 5.42. The highest BCUT2D eigenvalue weighted by Crippen LogP contribution is 2.52. The molecule has 14 heavy (non-hydrogen) atoms. The van der Waals surface area contributed by atoms with Crippen LogP contribution in [0.15, 0.2) is 12.2 Å². The zero-order valence-electron chi connectivity index (χ0n) is 8.92. The zero-order valence-corrected chi connectivity index (χ0v) is 8.92. The third-order valence-corrected chi connectivity index (χ3v) is 4.17. The summed E-state index contributed by atoms with van der Waals surface area (Å²) in [5.74, 6) is 0.428. The number of ketones is 1. The molecule has 0 unspecified atom stereocenters. The SMILES string of the molecule is C[C@H]1CCC[C@]2(C)CC(=O)C=C[C@]12O. The number of rotatable bonds is 0. The molecule has 3 atom stereocenters. The average Bonchev–Trinajstić information content (AvgIpc) is 2.10. The van der Waals surface area contributed by atoms with Crippen molar-refractivity contribution in [1.29, 1.82) is 0 Å². The summed E-state index contributed by atoms with van der Waals surface area (Å²) in [5.41, 5.74) is -0.977. The van der Waals surface area contributed by atoms with Gasteiger partial charge < -0.3 is 5.11 Å². The fraction of sp³-hybridized carbons (Fsp3) is 0.750. The smallest absolute Gasteiger partial charge is 0.156 e. The fourth-order valence-corrected chi connectivity index (χ4v) is 3.07. The normalized spacial score (nSPS) is 47.6. The number of carbonyl (C=O) groups is 1. The Morgan fingerprint density at radius 3 is 3.00 bits per heavy atom. The molecule has 0 heterocycles. The maximum Gasteiger partial charge on any atom is 0.156 e. The van der Waals surface area contributed by atoms with Gasteiger partial charge in [-0.25, -0.2) is 0 Å². The summed E-state index contributed by atoms with van der Waals surface area (Å²) in [6.45, 7) is 4.13. The molecule has 2 aliphatic rings. The molecule has 0 aromatic carbocycles. The molecule has 0 aliphatic heterocycles. The largest absolute Gasteiger partial charge is 0.385 e. The highest BCUT2D eigenvalue weighted by Gasteiger charge is 2.53. The number of fused-ring (bicyclic) bond motifs is 1. The topological polar surface area (TPSA) is 37.3 Å². The van der Waals surface area contributed by atoms with Crippen molar-refractivity contribution in [3.63, 3.8) is 0 Å². The first-order valence-corrected chi connectivity index (χ1v) is 5.42. The lowest BCUT2D eigenvalue weighted by molar-refractivity contribution is -0.137. The summed E-state index contributed by atoms with van der Waals surface area (Å²) in [6, 6.07) is 0. The molecule has 1 saturated carbocycles. The summed E-state index contributed by atoms with van der Waals surface area (Å²) < 4.78 is 0. The zero-order chi connectivity index (χ0) is 10.4. The van der Waals surface area contributed by atoms with E-state index in [-0.39, 0.29) is 17.1 Å². The van der Waals surface area contributed by atoms with Crippen LogP contribution >= 0.6 is 0 Å². The number of hydrogen-bond acceptors (Lipinski definition) is 2. The van der Waals surface area contributed by atoms with Gasteiger partial charge in [-0.1, -0.05) is 20.3 Å². The van der Waals surface area contributed by atoms with E-state index < -0.39 is 5.60 Å². The van der Waals surface area contributed by atoms with Crippen molar-refractivity contribution < 1.29 is 9.90 Å². The Balaban J connectivity index is 2.42. The van der Waals surface area contributed by atoms with Gasteiger partial charge in [0.25, 0.3) is 0 Å². The molecule has 2 rings (SSSR count). The highest BCUT2D eigenvalue weighted by molar-refractivity contribution is 5.91. The maximum absolute atomic E-state index is 11.4. The lowest BCUT2D eigenvalue weighted by Crippen LogP contribution is -2.55. The third-order valence-electron chi connectivity index (χ3n) is 4.17. The second kappa shape index (κ2) is 2.93. The van der Waals surface area contributed by atoms with Gasteiger partial charge in [-0.15, -0.1) is 0 Å². The summed E-state index contributed by atoms with van der Waals surface area (Å²) in [6.07, 6.45) is 6.95. The predicted molar refractivity (Wildman–Crippen MR) is 54.8 cm³/mol. The van der Waals surface area contributed by atoms with E-state index in [2.05, 4.69) is 6.92 Å². The Morgan fingerprint density at radius 2 is 2.29 bits per heavy atom. The quantitative estimate of drug-likeness (QED) is 0.641. The van der Waals surface area contributed by atoms with Crippen LogP contribution in [0.25, 0.3) is 0 Å². The van der Waals surface area contributed by atoms with E-state index in [1.165, 1.54) is 0 Å². The number of carbonyl (C=O) groups excluding carboxylic acids is 1. The summed E-state index contributed by atoms with van der Waals surface area (Å²) in [7, 11) is 0. The van der Waals surface area contributed by atoms with Crippen LogP contribution in [-0.4, -0.2) is 16.5 Å². The van der Waals surface area contributed by atoms with E-state index in [9.17, 15) is 9.90 Å². The molecule has 1 N–H and O–H groups in total. The Hall–Kier alpha value is -0.630. The van der Waals surface area contributed by atoms with Gasteiger partial charge in [0.15, 0.2) is 5.78 Å². The van der Waals surface area contributed by atoms with Crippen LogP contribution in [0.4, 0.5) is 0 Å². The lowest BCUT2D eigenvalue weighted by atomic mass is 9.56. The van der Waals surface area contributed by atoms with Crippen molar-refractivity contribution in [3.8, 4) is 0 Å². The number of hydrogen-bond donors (Lipinski definition) is 1. The van der Waals surface area contributed by atoms with E-state index in [4.69, 9.17) is 0 Å². The van der Waals surface area contributed by atoms with Gasteiger partial charge in [-0.05, 0) is 30.9 Å². The van der Waals surface area contributed by atoms with E-state index in [0.717, 1.165) is 19.3 Å². The Labute approximate surface area is 85.0 Å². The summed E-state index contributed by atoms with van der Waals surface area (Å²) >= 11 is 0. The van der Waals surface area contributed by atoms with Crippen LogP contribution < -0.4 is 0 Å². The van der Waals surface area contributed by atoms with Crippen LogP contribution in [0, 0.1) is 11.3 Å². The van der Waals surface area contributed by atoms with Gasteiger partial charge in [0.2, 0.25) is 0 Å². The second-order valence-electron chi connectivity index (χ2n) is 5.16. The Morgan fingerprint density at radius 1 is 1.57 bits per heavy atom. The van der Waals surface area contributed by atoms with Crippen molar-refractivity contribution in [1.82, 2.24) is 0 Å². The number of allylic oxidation sites excluding steroid dienone is 1. The molecule has 0 radical (unpaired) electrons. The Kier molecular flexibility index (Phi) is 2.07. The van der Waals surface area contributed by atoms with Crippen LogP contribution in [-0.2, 0) is 4.79 Å². The van der Waals surface area contributed by atoms with Gasteiger partial charge in [0, 0.05) is 11.8 Å². The summed E-state index contributed by atoms with van der Waals surface area (Å²) in [5, 5.41) is 10.6. The molecule has 2 heteroatoms. The molecule has 0 amide bonds. The van der Waals surface area contributed by atoms with E-state index >= 15 is 0 Å². The molecular weight excluding hydrogens is 176 g/mol. The van der Waals surface area contributed by atoms with Crippen molar-refractivity contribution in [3.05, 3.63) is 12.2 Å². The highest BCUT2D eigenvalue weighted by atomic mass is 16.3. The van der Waals surface area contributed by atoms with Gasteiger partial charge in [0.1, 0.15) is 0 Å². The van der Waals surface area contributed by atoms with Crippen LogP contribution in [0.5, 0.6) is 0 Å². The van der Waals surface area contributed by atoms with Crippen LogP contribution in [0.3, 0.4) is 0 Å². The standard InChI is InChI=1S/C12H18O2/c1-9-4-3-6-11(2)8-10(13)5-7-12(9,11)14/h5,7,9,14H,3-4,6,8H2,1-2H3/t9-,11+,12-/m0/s1. The monoisotopic (exact) mass is 194 g/mol. The first-order chi connectivity index (χ1) is 6.48. The molecule has 0 saturated heterocycles. The molecule has 0 aromatic rings. The maximum atomic E-state index is 11.4. The molecule has 0 bridgehead atoms. The summed E-state index contributed by atoms with van der Waals surface area (Å²) in [4.78, 5) is 11.4. The van der Waals surface area contributed by atoms with Crippen molar-refractivity contribution in [2.75, 3.05) is 0 Å². The third kappa shape index (κ3) is 1.17. The minimum atomic E-state index is -0.751. The molecule has 78 valence electrons. The first kappa shape index (κ1) is 9.91. The number of aliphatic hydroxyl groups is 1. The van der Waals surface area contributed by atoms with E-state index in [0.29, 0.717) is 6.42 Å². The molecule has 2 aliphatic carbocycles. The van der Waals surface area contributed by atoms with Crippen molar-refractivity contribution >= 4 is 5.78 Å². The second-order valence-corrected chi connectivity index (χ2v) is 5.16. The molecule has 0 aromatic heterocycles. The predicted octanol–water partition coefficient (Wildman–Crippen LogP) is 2.07. The minimum absolute atomic E-state index is 0.159. The average molecular weight is 194 g/mol. The van der Waals surface area contributed by atoms with Gasteiger partial charge in [-0.2, -0.15) is 0 Å².